The van der Waals surface area contributed by atoms with Gasteiger partial charge in [0.05, 0.1) is 5.75 Å². The molecule has 0 aliphatic carbocycles. The minimum atomic E-state index is -3.44. The summed E-state index contributed by atoms with van der Waals surface area (Å²) in [5.41, 5.74) is 0. The Hall–Kier alpha value is -0.620. The lowest BCUT2D eigenvalue weighted by molar-refractivity contribution is -0.140. The molecule has 0 aromatic carbocycles. The molecule has 0 aromatic heterocycles. The Morgan fingerprint density at radius 2 is 1.92 bits per heavy atom. The fourth-order valence-corrected chi connectivity index (χ4v) is 1.67. The Morgan fingerprint density at radius 1 is 1.46 bits per heavy atom. The van der Waals surface area contributed by atoms with Crippen LogP contribution in [0.5, 0.6) is 0 Å². The van der Waals surface area contributed by atoms with Crippen molar-refractivity contribution in [3.63, 3.8) is 0 Å². The van der Waals surface area contributed by atoms with Gasteiger partial charge >= 0.3 is 5.97 Å². The van der Waals surface area contributed by atoms with E-state index in [0.717, 1.165) is 0 Å². The van der Waals surface area contributed by atoms with Crippen molar-refractivity contribution in [1.29, 1.82) is 0 Å². The van der Waals surface area contributed by atoms with Gasteiger partial charge in [-0.1, -0.05) is 13.8 Å². The zero-order chi connectivity index (χ0) is 10.6. The van der Waals surface area contributed by atoms with Crippen molar-refractivity contribution in [2.45, 2.75) is 26.8 Å². The van der Waals surface area contributed by atoms with Crippen molar-refractivity contribution in [3.8, 4) is 0 Å². The largest absolute Gasteiger partial charge is 0.480 e. The SMILES string of the molecule is CCS(=O)(=O)NC(C(=O)O)C(C)C. The smallest absolute Gasteiger partial charge is 0.321 e. The number of carbonyl (C=O) groups is 1. The minimum absolute atomic E-state index is 0.108. The monoisotopic (exact) mass is 209 g/mol. The molecule has 6 heteroatoms. The van der Waals surface area contributed by atoms with Crippen LogP contribution in [0.3, 0.4) is 0 Å². The third kappa shape index (κ3) is 4.23. The highest BCUT2D eigenvalue weighted by Crippen LogP contribution is 2.03. The van der Waals surface area contributed by atoms with E-state index in [2.05, 4.69) is 4.72 Å². The van der Waals surface area contributed by atoms with Crippen LogP contribution < -0.4 is 4.72 Å². The number of hydrogen-bond donors (Lipinski definition) is 2. The number of carboxylic acids is 1. The van der Waals surface area contributed by atoms with E-state index in [0.29, 0.717) is 0 Å². The third-order valence-electron chi connectivity index (χ3n) is 1.62. The number of aliphatic carboxylic acids is 1. The van der Waals surface area contributed by atoms with Gasteiger partial charge in [-0.15, -0.1) is 0 Å². The topological polar surface area (TPSA) is 83.5 Å². The highest BCUT2D eigenvalue weighted by molar-refractivity contribution is 7.89. The summed E-state index contributed by atoms with van der Waals surface area (Å²) in [6.45, 7) is 4.76. The summed E-state index contributed by atoms with van der Waals surface area (Å²) >= 11 is 0. The van der Waals surface area contributed by atoms with Crippen molar-refractivity contribution in [2.75, 3.05) is 5.75 Å². The molecule has 0 fully saturated rings. The molecule has 0 amide bonds. The maximum atomic E-state index is 11.0. The maximum absolute atomic E-state index is 11.0. The van der Waals surface area contributed by atoms with Crippen LogP contribution in [0.4, 0.5) is 0 Å². The minimum Gasteiger partial charge on any atom is -0.480 e. The van der Waals surface area contributed by atoms with Gasteiger partial charge in [0.15, 0.2) is 0 Å². The molecule has 1 atom stereocenters. The zero-order valence-electron chi connectivity index (χ0n) is 7.94. The molecular formula is C7H15NO4S. The fraction of sp³-hybridized carbons (Fsp3) is 0.857. The molecule has 0 aliphatic rings. The zero-order valence-corrected chi connectivity index (χ0v) is 8.76. The molecule has 0 saturated heterocycles. The van der Waals surface area contributed by atoms with E-state index in [1.807, 2.05) is 0 Å². The highest BCUT2D eigenvalue weighted by Gasteiger charge is 2.25. The summed E-state index contributed by atoms with van der Waals surface area (Å²) in [4.78, 5) is 10.6. The van der Waals surface area contributed by atoms with Crippen molar-refractivity contribution in [1.82, 2.24) is 4.72 Å². The first-order valence-electron chi connectivity index (χ1n) is 4.03. The molecule has 0 heterocycles. The van der Waals surface area contributed by atoms with Crippen molar-refractivity contribution in [3.05, 3.63) is 0 Å². The third-order valence-corrected chi connectivity index (χ3v) is 2.99. The number of sulfonamides is 1. The van der Waals surface area contributed by atoms with Gasteiger partial charge in [0.1, 0.15) is 6.04 Å². The second-order valence-corrected chi connectivity index (χ2v) is 5.12. The number of carboxylic acid groups (broad SMARTS) is 1. The van der Waals surface area contributed by atoms with E-state index >= 15 is 0 Å². The molecule has 0 radical (unpaired) electrons. The van der Waals surface area contributed by atoms with Gasteiger partial charge in [0.25, 0.3) is 0 Å². The molecule has 0 bridgehead atoms. The average Bonchev–Trinajstić information content (AvgIpc) is 1.99. The first-order chi connectivity index (χ1) is 5.80. The Labute approximate surface area is 78.2 Å². The van der Waals surface area contributed by atoms with E-state index in [-0.39, 0.29) is 11.7 Å². The second-order valence-electron chi connectivity index (χ2n) is 3.08. The predicted molar refractivity (Wildman–Crippen MR) is 48.9 cm³/mol. The van der Waals surface area contributed by atoms with Crippen LogP contribution in [0.25, 0.3) is 0 Å². The summed E-state index contributed by atoms with van der Waals surface area (Å²) in [6.07, 6.45) is 0. The normalized spacial score (nSPS) is 14.5. The lowest BCUT2D eigenvalue weighted by atomic mass is 10.1. The lowest BCUT2D eigenvalue weighted by Gasteiger charge is -2.16. The molecule has 0 aliphatic heterocycles. The number of hydrogen-bond acceptors (Lipinski definition) is 3. The lowest BCUT2D eigenvalue weighted by Crippen LogP contribution is -2.44. The van der Waals surface area contributed by atoms with E-state index in [1.165, 1.54) is 6.92 Å². The van der Waals surface area contributed by atoms with Gasteiger partial charge < -0.3 is 5.11 Å². The van der Waals surface area contributed by atoms with Crippen LogP contribution in [0.1, 0.15) is 20.8 Å². The van der Waals surface area contributed by atoms with Gasteiger partial charge in [0, 0.05) is 0 Å². The average molecular weight is 209 g/mol. The van der Waals surface area contributed by atoms with Gasteiger partial charge in [-0.25, -0.2) is 13.1 Å². The van der Waals surface area contributed by atoms with Gasteiger partial charge in [-0.3, -0.25) is 4.79 Å². The first kappa shape index (κ1) is 12.4. The van der Waals surface area contributed by atoms with E-state index < -0.39 is 22.0 Å². The molecule has 13 heavy (non-hydrogen) atoms. The van der Waals surface area contributed by atoms with Crippen molar-refractivity contribution < 1.29 is 18.3 Å². The molecule has 0 spiro atoms. The second kappa shape index (κ2) is 4.57. The van der Waals surface area contributed by atoms with Gasteiger partial charge in [0.2, 0.25) is 10.0 Å². The van der Waals surface area contributed by atoms with Crippen LogP contribution in [-0.2, 0) is 14.8 Å². The molecule has 0 aromatic rings. The standard InChI is InChI=1S/C7H15NO4S/c1-4-13(11,12)8-6(5(2)3)7(9)10/h5-6,8H,4H2,1-3H3,(H,9,10). The summed E-state index contributed by atoms with van der Waals surface area (Å²) in [5, 5.41) is 8.68. The van der Waals surface area contributed by atoms with E-state index in [1.54, 1.807) is 13.8 Å². The maximum Gasteiger partial charge on any atom is 0.321 e. The molecule has 78 valence electrons. The Bertz CT molecular complexity index is 270. The highest BCUT2D eigenvalue weighted by atomic mass is 32.2. The summed E-state index contributed by atoms with van der Waals surface area (Å²) < 4.78 is 24.2. The van der Waals surface area contributed by atoms with Crippen LogP contribution in [-0.4, -0.2) is 31.3 Å². The van der Waals surface area contributed by atoms with Crippen molar-refractivity contribution in [2.24, 2.45) is 5.92 Å². The van der Waals surface area contributed by atoms with Crippen LogP contribution in [0.15, 0.2) is 0 Å². The van der Waals surface area contributed by atoms with Crippen LogP contribution in [0.2, 0.25) is 0 Å². The summed E-state index contributed by atoms with van der Waals surface area (Å²) in [7, 11) is -3.44. The quantitative estimate of drug-likeness (QED) is 0.669. The molecular weight excluding hydrogens is 194 g/mol. The molecule has 0 rings (SSSR count). The summed E-state index contributed by atoms with van der Waals surface area (Å²) in [6, 6.07) is -1.04. The van der Waals surface area contributed by atoms with Crippen molar-refractivity contribution >= 4 is 16.0 Å². The van der Waals surface area contributed by atoms with E-state index in [4.69, 9.17) is 5.11 Å². The van der Waals surface area contributed by atoms with Gasteiger partial charge in [-0.05, 0) is 12.8 Å². The molecule has 5 nitrogen and oxygen atoms in total. The molecule has 2 N–H and O–H groups in total. The Balaban J connectivity index is 4.54. The van der Waals surface area contributed by atoms with E-state index in [9.17, 15) is 13.2 Å². The Morgan fingerprint density at radius 3 is 2.15 bits per heavy atom. The fourth-order valence-electron chi connectivity index (χ4n) is 0.748. The number of rotatable bonds is 5. The Kier molecular flexibility index (Phi) is 4.35. The molecule has 0 saturated carbocycles. The summed E-state index contributed by atoms with van der Waals surface area (Å²) in [5.74, 6) is -1.52. The molecule has 1 unspecified atom stereocenters. The van der Waals surface area contributed by atoms with Crippen LogP contribution >= 0.6 is 0 Å². The van der Waals surface area contributed by atoms with Crippen LogP contribution in [0, 0.1) is 5.92 Å². The number of nitrogens with one attached hydrogen (secondary N) is 1. The predicted octanol–water partition coefficient (Wildman–Crippen LogP) is 0.0349. The van der Waals surface area contributed by atoms with Gasteiger partial charge in [-0.2, -0.15) is 0 Å². The first-order valence-corrected chi connectivity index (χ1v) is 5.68.